The van der Waals surface area contributed by atoms with Gasteiger partial charge in [-0.1, -0.05) is 6.42 Å². The van der Waals surface area contributed by atoms with Gasteiger partial charge in [-0.25, -0.2) is 4.79 Å². The molecule has 1 aliphatic heterocycles. The molecular formula is C12H20N2O2. The predicted molar refractivity (Wildman–Crippen MR) is 60.3 cm³/mol. The Bertz CT molecular complexity index is 290. The molecule has 1 N–H and O–H groups in total. The van der Waals surface area contributed by atoms with Crippen molar-refractivity contribution in [2.75, 3.05) is 20.2 Å². The number of nitrogens with zero attached hydrogens (tertiary/aromatic N) is 1. The Labute approximate surface area is 96.3 Å². The van der Waals surface area contributed by atoms with Gasteiger partial charge in [-0.2, -0.15) is 0 Å². The van der Waals surface area contributed by atoms with Crippen molar-refractivity contribution in [2.45, 2.75) is 49.6 Å². The molecular weight excluding hydrogens is 204 g/mol. The van der Waals surface area contributed by atoms with E-state index in [0.29, 0.717) is 5.54 Å². The number of hydrogen-bond acceptors (Lipinski definition) is 3. The van der Waals surface area contributed by atoms with E-state index in [1.54, 1.807) is 0 Å². The van der Waals surface area contributed by atoms with Crippen LogP contribution < -0.4 is 5.32 Å². The second kappa shape index (κ2) is 3.36. The summed E-state index contributed by atoms with van der Waals surface area (Å²) in [5.74, 6) is 0. The molecule has 3 aliphatic carbocycles. The molecule has 4 rings (SSSR count). The van der Waals surface area contributed by atoms with Crippen LogP contribution in [-0.4, -0.2) is 42.3 Å². The molecule has 4 nitrogen and oxygen atoms in total. The van der Waals surface area contributed by atoms with E-state index in [0.717, 1.165) is 19.3 Å². The van der Waals surface area contributed by atoms with Crippen LogP contribution in [0.2, 0.25) is 0 Å². The minimum Gasteiger partial charge on any atom is -0.453 e. The number of methoxy groups -OCH3 is 1. The second-order valence-corrected chi connectivity index (χ2v) is 5.70. The highest BCUT2D eigenvalue weighted by atomic mass is 16.5. The number of ether oxygens (including phenoxy) is 1. The molecule has 0 aromatic carbocycles. The molecule has 0 atom stereocenters. The topological polar surface area (TPSA) is 41.6 Å². The number of nitrogens with one attached hydrogen (secondary N) is 1. The third kappa shape index (κ3) is 1.35. The van der Waals surface area contributed by atoms with E-state index in [4.69, 9.17) is 0 Å². The molecule has 16 heavy (non-hydrogen) atoms. The Morgan fingerprint density at radius 1 is 1.19 bits per heavy atom. The Hall–Kier alpha value is -0.770. The molecule has 0 radical (unpaired) electrons. The van der Waals surface area contributed by atoms with E-state index >= 15 is 0 Å². The number of likely N-dealkylation sites (tertiary alicyclic amines) is 1. The maximum Gasteiger partial charge on any atom is 0.407 e. The zero-order chi connectivity index (χ0) is 11.2. The van der Waals surface area contributed by atoms with Gasteiger partial charge in [0.25, 0.3) is 0 Å². The largest absolute Gasteiger partial charge is 0.453 e. The van der Waals surface area contributed by atoms with Crippen molar-refractivity contribution in [3.8, 4) is 0 Å². The van der Waals surface area contributed by atoms with Crippen LogP contribution in [0.15, 0.2) is 0 Å². The van der Waals surface area contributed by atoms with Gasteiger partial charge in [-0.3, -0.25) is 4.90 Å². The average Bonchev–Trinajstić information content (AvgIpc) is 2.22. The Balaban J connectivity index is 1.54. The number of piperidine rings is 1. The molecule has 0 spiro atoms. The van der Waals surface area contributed by atoms with Gasteiger partial charge >= 0.3 is 6.09 Å². The Morgan fingerprint density at radius 3 is 2.38 bits per heavy atom. The summed E-state index contributed by atoms with van der Waals surface area (Å²) < 4.78 is 4.66. The van der Waals surface area contributed by atoms with Crippen LogP contribution >= 0.6 is 0 Å². The first kappa shape index (κ1) is 10.4. The second-order valence-electron chi connectivity index (χ2n) is 5.70. The number of carbonyl (C=O) groups is 1. The Kier molecular flexibility index (Phi) is 2.18. The van der Waals surface area contributed by atoms with Crippen LogP contribution in [0.3, 0.4) is 0 Å². The summed E-state index contributed by atoms with van der Waals surface area (Å²) in [7, 11) is 1.43. The normalized spacial score (nSPS) is 41.8. The predicted octanol–water partition coefficient (Wildman–Crippen LogP) is 1.50. The van der Waals surface area contributed by atoms with Crippen LogP contribution in [0.5, 0.6) is 0 Å². The first-order chi connectivity index (χ1) is 7.68. The summed E-state index contributed by atoms with van der Waals surface area (Å²) in [5, 5.41) is 2.98. The maximum atomic E-state index is 11.2. The zero-order valence-corrected chi connectivity index (χ0v) is 9.92. The van der Waals surface area contributed by atoms with Gasteiger partial charge in [0.2, 0.25) is 0 Å². The van der Waals surface area contributed by atoms with Crippen molar-refractivity contribution in [2.24, 2.45) is 0 Å². The lowest BCUT2D eigenvalue weighted by Gasteiger charge is -2.74. The van der Waals surface area contributed by atoms with E-state index in [2.05, 4.69) is 15.0 Å². The number of carbonyl (C=O) groups excluding carboxylic acids is 1. The van der Waals surface area contributed by atoms with E-state index < -0.39 is 0 Å². The van der Waals surface area contributed by atoms with Crippen LogP contribution in [0, 0.1) is 0 Å². The van der Waals surface area contributed by atoms with Crippen molar-refractivity contribution in [1.82, 2.24) is 10.2 Å². The summed E-state index contributed by atoms with van der Waals surface area (Å²) in [4.78, 5) is 13.8. The summed E-state index contributed by atoms with van der Waals surface area (Å²) in [6.07, 6.45) is 7.21. The molecule has 0 unspecified atom stereocenters. The van der Waals surface area contributed by atoms with Crippen molar-refractivity contribution >= 4 is 6.09 Å². The summed E-state index contributed by atoms with van der Waals surface area (Å²) >= 11 is 0. The van der Waals surface area contributed by atoms with Crippen LogP contribution in [0.25, 0.3) is 0 Å². The minimum atomic E-state index is -0.271. The lowest BCUT2D eigenvalue weighted by molar-refractivity contribution is -0.179. The summed E-state index contributed by atoms with van der Waals surface area (Å²) in [5.41, 5.74) is 0.534. The highest BCUT2D eigenvalue weighted by Crippen LogP contribution is 2.63. The quantitative estimate of drug-likeness (QED) is 0.773. The van der Waals surface area contributed by atoms with Crippen LogP contribution in [0.4, 0.5) is 4.79 Å². The maximum absolute atomic E-state index is 11.2. The Morgan fingerprint density at radius 2 is 1.81 bits per heavy atom. The fourth-order valence-corrected chi connectivity index (χ4v) is 3.84. The van der Waals surface area contributed by atoms with Crippen molar-refractivity contribution in [3.63, 3.8) is 0 Å². The van der Waals surface area contributed by atoms with Crippen molar-refractivity contribution in [1.29, 1.82) is 0 Å². The smallest absolute Gasteiger partial charge is 0.407 e. The van der Waals surface area contributed by atoms with E-state index in [1.807, 2.05) is 0 Å². The fourth-order valence-electron chi connectivity index (χ4n) is 3.84. The zero-order valence-electron chi connectivity index (χ0n) is 9.92. The summed E-state index contributed by atoms with van der Waals surface area (Å²) in [6.45, 7) is 2.52. The van der Waals surface area contributed by atoms with Gasteiger partial charge in [0.1, 0.15) is 0 Å². The van der Waals surface area contributed by atoms with Crippen LogP contribution in [0.1, 0.15) is 38.5 Å². The van der Waals surface area contributed by atoms with Crippen molar-refractivity contribution in [3.05, 3.63) is 0 Å². The lowest BCUT2D eigenvalue weighted by atomic mass is 9.43. The lowest BCUT2D eigenvalue weighted by Crippen LogP contribution is -2.83. The third-order valence-electron chi connectivity index (χ3n) is 4.58. The standard InChI is InChI=1S/C12H20N2O2/c1-16-10(15)13-11-7-12(8-11,9-11)14-5-3-2-4-6-14/h2-9H2,1H3,(H,13,15). The number of amides is 1. The fraction of sp³-hybridized carbons (Fsp3) is 0.917. The van der Waals surface area contributed by atoms with Gasteiger partial charge < -0.3 is 10.1 Å². The molecule has 4 heteroatoms. The SMILES string of the molecule is COC(=O)NC12CC(N3CCCCC3)(C1)C2. The van der Waals surface area contributed by atoms with Gasteiger partial charge in [-0.05, 0) is 45.2 Å². The molecule has 0 aromatic rings. The molecule has 0 aromatic heterocycles. The molecule has 90 valence electrons. The monoisotopic (exact) mass is 224 g/mol. The first-order valence-electron chi connectivity index (χ1n) is 6.29. The van der Waals surface area contributed by atoms with Gasteiger partial charge in [0.15, 0.2) is 0 Å². The summed E-state index contributed by atoms with van der Waals surface area (Å²) in [6, 6.07) is 0. The number of rotatable bonds is 2. The van der Waals surface area contributed by atoms with Gasteiger partial charge in [0, 0.05) is 11.1 Å². The molecule has 1 saturated heterocycles. The molecule has 3 saturated carbocycles. The molecule has 4 aliphatic rings. The average molecular weight is 224 g/mol. The van der Waals surface area contributed by atoms with Gasteiger partial charge in [0.05, 0.1) is 7.11 Å². The molecule has 4 fully saturated rings. The van der Waals surface area contributed by atoms with Crippen molar-refractivity contribution < 1.29 is 9.53 Å². The van der Waals surface area contributed by atoms with Crippen LogP contribution in [-0.2, 0) is 4.74 Å². The van der Waals surface area contributed by atoms with Gasteiger partial charge in [-0.15, -0.1) is 0 Å². The third-order valence-corrected chi connectivity index (χ3v) is 4.58. The number of hydrogen-bond donors (Lipinski definition) is 1. The minimum absolute atomic E-state index is 0.0878. The molecule has 1 heterocycles. The highest BCUT2D eigenvalue weighted by Gasteiger charge is 2.70. The highest BCUT2D eigenvalue weighted by molar-refractivity contribution is 5.69. The first-order valence-corrected chi connectivity index (χ1v) is 6.29. The van der Waals surface area contributed by atoms with E-state index in [-0.39, 0.29) is 11.6 Å². The van der Waals surface area contributed by atoms with E-state index in [1.165, 1.54) is 39.5 Å². The molecule has 1 amide bonds. The number of alkyl carbamates (subject to hydrolysis) is 1. The molecule has 2 bridgehead atoms. The van der Waals surface area contributed by atoms with E-state index in [9.17, 15) is 4.79 Å².